The Labute approximate surface area is 232 Å². The average molecular weight is 510 g/mol. The van der Waals surface area contributed by atoms with Crippen molar-refractivity contribution >= 4 is 57.3 Å². The molecule has 5 heteroatoms. The van der Waals surface area contributed by atoms with E-state index in [9.17, 15) is 0 Å². The number of hydrogen-bond donors (Lipinski definition) is 0. The monoisotopic (exact) mass is 510 g/mol. The van der Waals surface area contributed by atoms with E-state index in [1.54, 1.807) is 0 Å². The zero-order chi connectivity index (χ0) is 26.1. The molecule has 3 aliphatic rings. The Morgan fingerprint density at radius 2 is 1.20 bits per heavy atom. The maximum Gasteiger partial charge on any atom is 0.440 e. The highest BCUT2D eigenvalue weighted by Crippen LogP contribution is 2.60. The smallest absolute Gasteiger partial charge is 0.356 e. The molecule has 40 heavy (non-hydrogen) atoms. The molecular formula is C35H23BN4. The highest BCUT2D eigenvalue weighted by Gasteiger charge is 2.54. The molecular weight excluding hydrogens is 487 g/mol. The Balaban J connectivity index is 1.43. The minimum atomic E-state index is -0.0346. The zero-order valence-electron chi connectivity index (χ0n) is 21.9. The molecule has 0 spiro atoms. The molecule has 0 saturated carbocycles. The number of benzene rings is 5. The summed E-state index contributed by atoms with van der Waals surface area (Å²) in [7, 11) is 2.23. The molecule has 0 amide bonds. The fourth-order valence-corrected chi connectivity index (χ4v) is 7.73. The third-order valence-electron chi connectivity index (χ3n) is 9.19. The highest BCUT2D eigenvalue weighted by molar-refractivity contribution is 6.87. The molecule has 0 atom stereocenters. The van der Waals surface area contributed by atoms with Crippen LogP contribution in [-0.2, 0) is 7.05 Å². The second kappa shape index (κ2) is 7.07. The summed E-state index contributed by atoms with van der Waals surface area (Å²) < 4.78 is 4.91. The van der Waals surface area contributed by atoms with Crippen molar-refractivity contribution in [2.24, 2.45) is 7.05 Å². The van der Waals surface area contributed by atoms with Gasteiger partial charge in [-0.25, -0.2) is 0 Å². The number of fused-ring (bicyclic) bond motifs is 13. The molecule has 0 saturated heterocycles. The zero-order valence-corrected chi connectivity index (χ0v) is 21.9. The predicted molar refractivity (Wildman–Crippen MR) is 167 cm³/mol. The summed E-state index contributed by atoms with van der Waals surface area (Å²) in [6.45, 7) is -0.0346. The van der Waals surface area contributed by atoms with Gasteiger partial charge in [0.05, 0.1) is 16.7 Å². The molecule has 4 nitrogen and oxygen atoms in total. The first-order chi connectivity index (χ1) is 19.8. The van der Waals surface area contributed by atoms with Crippen molar-refractivity contribution < 1.29 is 0 Å². The molecule has 5 heterocycles. The normalized spacial score (nSPS) is 14.0. The molecule has 5 aromatic carbocycles. The number of aryl methyl sites for hydroxylation is 1. The van der Waals surface area contributed by atoms with Gasteiger partial charge in [0.25, 0.3) is 0 Å². The van der Waals surface area contributed by atoms with Gasteiger partial charge in [-0.1, -0.05) is 84.9 Å². The Kier molecular flexibility index (Phi) is 3.67. The van der Waals surface area contributed by atoms with Crippen molar-refractivity contribution in [3.05, 3.63) is 121 Å². The van der Waals surface area contributed by atoms with Crippen LogP contribution >= 0.6 is 0 Å². The van der Waals surface area contributed by atoms with Crippen LogP contribution < -0.4 is 15.2 Å². The van der Waals surface area contributed by atoms with Gasteiger partial charge in [-0.3, -0.25) is 0 Å². The molecule has 0 fully saturated rings. The van der Waals surface area contributed by atoms with Crippen LogP contribution in [0.25, 0.3) is 49.7 Å². The first-order valence-electron chi connectivity index (χ1n) is 13.9. The van der Waals surface area contributed by atoms with E-state index in [1.807, 2.05) is 0 Å². The first kappa shape index (κ1) is 20.8. The molecule has 0 aliphatic carbocycles. The fraction of sp³-hybridized carbons (Fsp3) is 0.0286. The second-order valence-electron chi connectivity index (χ2n) is 11.0. The number of rotatable bonds is 1. The largest absolute Gasteiger partial charge is 0.440 e. The maximum atomic E-state index is 2.62. The lowest BCUT2D eigenvalue weighted by molar-refractivity contribution is 0.964. The molecule has 0 radical (unpaired) electrons. The number of anilines is 4. The standard InChI is InChI=1S/C35H23BN4/c1-37-30-21-11-17-24-23-14-5-9-19-28(23)39-33(32(24)30)35(37)40-29-20-10-7-16-26(29)31-25-15-6-8-18-27(25)38(34(31)36(39)40)22-12-3-2-4-13-22/h2-21H,1H3. The Bertz CT molecular complexity index is 2170. The summed E-state index contributed by atoms with van der Waals surface area (Å²) in [5, 5.41) is 2.63. The number of nitrogens with zero attached hydrogens (tertiary/aromatic N) is 4. The number of aromatic nitrogens is 2. The van der Waals surface area contributed by atoms with E-state index in [2.05, 4.69) is 147 Å². The molecule has 0 bridgehead atoms. The quantitative estimate of drug-likeness (QED) is 0.210. The molecule has 7 aromatic rings. The summed E-state index contributed by atoms with van der Waals surface area (Å²) in [6.07, 6.45) is 0. The van der Waals surface area contributed by atoms with Gasteiger partial charge in [-0.2, -0.15) is 0 Å². The molecule has 10 rings (SSSR count). The van der Waals surface area contributed by atoms with E-state index in [1.165, 1.54) is 78.2 Å². The third-order valence-corrected chi connectivity index (χ3v) is 9.19. The summed E-state index contributed by atoms with van der Waals surface area (Å²) in [5.41, 5.74) is 14.1. The first-order valence-corrected chi connectivity index (χ1v) is 13.9. The predicted octanol–water partition coefficient (Wildman–Crippen LogP) is 7.77. The van der Waals surface area contributed by atoms with Crippen LogP contribution in [0.3, 0.4) is 0 Å². The van der Waals surface area contributed by atoms with Gasteiger partial charge >= 0.3 is 6.98 Å². The molecule has 2 aromatic heterocycles. The molecule has 186 valence electrons. The Hall–Kier alpha value is -5.16. The van der Waals surface area contributed by atoms with Crippen molar-refractivity contribution in [3.8, 4) is 27.9 Å². The lowest BCUT2D eigenvalue weighted by atomic mass is 9.62. The molecule has 0 unspecified atom stereocenters. The van der Waals surface area contributed by atoms with Gasteiger partial charge in [0.1, 0.15) is 5.82 Å². The van der Waals surface area contributed by atoms with Crippen molar-refractivity contribution in [1.29, 1.82) is 0 Å². The van der Waals surface area contributed by atoms with Crippen LogP contribution in [0.2, 0.25) is 0 Å². The van der Waals surface area contributed by atoms with Gasteiger partial charge < -0.3 is 18.8 Å². The van der Waals surface area contributed by atoms with E-state index < -0.39 is 0 Å². The van der Waals surface area contributed by atoms with E-state index >= 15 is 0 Å². The van der Waals surface area contributed by atoms with Crippen molar-refractivity contribution in [1.82, 2.24) is 9.13 Å². The van der Waals surface area contributed by atoms with Crippen molar-refractivity contribution in [2.75, 3.05) is 9.62 Å². The third kappa shape index (κ3) is 2.24. The van der Waals surface area contributed by atoms with Crippen LogP contribution in [0.15, 0.2) is 121 Å². The Morgan fingerprint density at radius 3 is 2.05 bits per heavy atom. The summed E-state index contributed by atoms with van der Waals surface area (Å²) in [4.78, 5) is 5.21. The van der Waals surface area contributed by atoms with Crippen LogP contribution in [0.5, 0.6) is 0 Å². The van der Waals surface area contributed by atoms with Crippen molar-refractivity contribution in [3.63, 3.8) is 0 Å². The molecule has 0 N–H and O–H groups in total. The van der Waals surface area contributed by atoms with E-state index in [0.717, 1.165) is 0 Å². The van der Waals surface area contributed by atoms with Gasteiger partial charge in [0.15, 0.2) is 0 Å². The van der Waals surface area contributed by atoms with Crippen LogP contribution in [-0.4, -0.2) is 16.1 Å². The van der Waals surface area contributed by atoms with Gasteiger partial charge in [-0.15, -0.1) is 0 Å². The lowest BCUT2D eigenvalue weighted by Crippen LogP contribution is -2.58. The fourth-order valence-electron chi connectivity index (χ4n) is 7.73. The van der Waals surface area contributed by atoms with Crippen LogP contribution in [0, 0.1) is 0 Å². The number of hydrogen-bond acceptors (Lipinski definition) is 2. The minimum Gasteiger partial charge on any atom is -0.356 e. The van der Waals surface area contributed by atoms with Gasteiger partial charge in [0.2, 0.25) is 0 Å². The maximum absolute atomic E-state index is 2.62. The van der Waals surface area contributed by atoms with Crippen LogP contribution in [0.4, 0.5) is 22.9 Å². The summed E-state index contributed by atoms with van der Waals surface area (Å²) in [6, 6.07) is 44.4. The SMILES string of the molecule is Cn1c2c3c4c(cccc41)-c1ccccc1N3B1c3c(c4ccccc4n3-c3ccccc3)-c3ccccc3N12. The highest BCUT2D eigenvalue weighted by atomic mass is 15.4. The topological polar surface area (TPSA) is 16.3 Å². The molecule has 3 aliphatic heterocycles. The Morgan fingerprint density at radius 1 is 0.550 bits per heavy atom. The average Bonchev–Trinajstić information content (AvgIpc) is 3.65. The minimum absolute atomic E-state index is 0.0346. The van der Waals surface area contributed by atoms with Gasteiger partial charge in [-0.05, 0) is 42.0 Å². The van der Waals surface area contributed by atoms with Gasteiger partial charge in [0, 0.05) is 57.2 Å². The van der Waals surface area contributed by atoms with E-state index in [0.29, 0.717) is 0 Å². The van der Waals surface area contributed by atoms with E-state index in [4.69, 9.17) is 0 Å². The van der Waals surface area contributed by atoms with Crippen LogP contribution in [0.1, 0.15) is 0 Å². The number of para-hydroxylation sites is 4. The lowest BCUT2D eigenvalue weighted by Gasteiger charge is -2.38. The van der Waals surface area contributed by atoms with E-state index in [-0.39, 0.29) is 6.98 Å². The second-order valence-corrected chi connectivity index (χ2v) is 11.0. The summed E-state index contributed by atoms with van der Waals surface area (Å²) in [5.74, 6) is 1.25. The van der Waals surface area contributed by atoms with Crippen molar-refractivity contribution in [2.45, 2.75) is 0 Å². The summed E-state index contributed by atoms with van der Waals surface area (Å²) >= 11 is 0.